The van der Waals surface area contributed by atoms with Gasteiger partial charge in [-0.05, 0) is 20.3 Å². The van der Waals surface area contributed by atoms with Crippen LogP contribution in [0.25, 0.3) is 0 Å². The van der Waals surface area contributed by atoms with Crippen molar-refractivity contribution in [3.8, 4) is 0 Å². The van der Waals surface area contributed by atoms with Crippen LogP contribution in [0.1, 0.15) is 20.8 Å². The molecule has 0 bridgehead atoms. The second kappa shape index (κ2) is 7.03. The highest BCUT2D eigenvalue weighted by Crippen LogP contribution is 1.92. The number of hydrogen-bond donors (Lipinski definition) is 0. The normalized spacial score (nSPS) is 13.5. The molecule has 0 saturated carbocycles. The molecule has 0 fully saturated rings. The maximum Gasteiger partial charge on any atom is 0.0780 e. The second-order valence-electron chi connectivity index (χ2n) is 2.21. The van der Waals surface area contributed by atoms with Gasteiger partial charge in [0, 0.05) is 13.2 Å². The molecule has 2 heteroatoms. The summed E-state index contributed by atoms with van der Waals surface area (Å²) in [6, 6.07) is 0. The van der Waals surface area contributed by atoms with E-state index in [1.54, 1.807) is 0 Å². The molecule has 0 rings (SSSR count). The van der Waals surface area contributed by atoms with Crippen LogP contribution in [0.5, 0.6) is 0 Å². The van der Waals surface area contributed by atoms with Gasteiger partial charge in [0.15, 0.2) is 0 Å². The van der Waals surface area contributed by atoms with Crippen molar-refractivity contribution in [2.24, 2.45) is 0 Å². The summed E-state index contributed by atoms with van der Waals surface area (Å²) in [6.07, 6.45) is 2.21. The van der Waals surface area contributed by atoms with E-state index in [0.717, 1.165) is 6.61 Å². The highest BCUT2D eigenvalue weighted by molar-refractivity contribution is 4.55. The molecule has 0 spiro atoms. The van der Waals surface area contributed by atoms with Crippen LogP contribution in [0.4, 0.5) is 0 Å². The predicted octanol–water partition coefficient (Wildman–Crippen LogP) is 1.65. The smallest absolute Gasteiger partial charge is 0.0780 e. The molecule has 0 aromatic heterocycles. The summed E-state index contributed by atoms with van der Waals surface area (Å²) in [5, 5.41) is 0. The molecule has 1 atom stereocenters. The van der Waals surface area contributed by atoms with Gasteiger partial charge >= 0.3 is 0 Å². The Hall–Kier alpha value is -0.0800. The fraction of sp³-hybridized carbons (Fsp3) is 0.875. The second-order valence-corrected chi connectivity index (χ2v) is 2.21. The van der Waals surface area contributed by atoms with E-state index in [9.17, 15) is 0 Å². The Morgan fingerprint density at radius 1 is 1.50 bits per heavy atom. The van der Waals surface area contributed by atoms with Gasteiger partial charge in [-0.25, -0.2) is 0 Å². The summed E-state index contributed by atoms with van der Waals surface area (Å²) in [5.41, 5.74) is 0. The minimum absolute atomic E-state index is 0.219. The van der Waals surface area contributed by atoms with Gasteiger partial charge in [-0.3, -0.25) is 0 Å². The molecule has 0 N–H and O–H groups in total. The average Bonchev–Trinajstić information content (AvgIpc) is 1.97. The molecule has 0 heterocycles. The van der Waals surface area contributed by atoms with Crippen LogP contribution in [0, 0.1) is 6.42 Å². The van der Waals surface area contributed by atoms with Gasteiger partial charge in [0.25, 0.3) is 0 Å². The third-order valence-corrected chi connectivity index (χ3v) is 1.10. The van der Waals surface area contributed by atoms with Crippen molar-refractivity contribution in [2.75, 3.05) is 19.8 Å². The highest BCUT2D eigenvalue weighted by Gasteiger charge is 1.98. The van der Waals surface area contributed by atoms with Gasteiger partial charge in [0.1, 0.15) is 0 Å². The minimum Gasteiger partial charge on any atom is -0.379 e. The van der Waals surface area contributed by atoms with E-state index in [4.69, 9.17) is 9.47 Å². The van der Waals surface area contributed by atoms with Crippen LogP contribution >= 0.6 is 0 Å². The molecule has 0 aliphatic rings. The summed E-state index contributed by atoms with van der Waals surface area (Å²) in [6.45, 7) is 8.16. The fourth-order valence-electron chi connectivity index (χ4n) is 0.592. The van der Waals surface area contributed by atoms with Crippen molar-refractivity contribution >= 4 is 0 Å². The summed E-state index contributed by atoms with van der Waals surface area (Å²) in [7, 11) is 0. The maximum absolute atomic E-state index is 5.31. The Kier molecular flexibility index (Phi) is 6.98. The standard InChI is InChI=1S/C8H17O2/c1-4-6-10-8(3)7-9-5-2/h4,8H,5-7H2,1-3H3. The van der Waals surface area contributed by atoms with Gasteiger partial charge in [-0.1, -0.05) is 6.92 Å². The van der Waals surface area contributed by atoms with Gasteiger partial charge in [0.2, 0.25) is 0 Å². The highest BCUT2D eigenvalue weighted by atomic mass is 16.5. The molecule has 0 saturated heterocycles. The molecule has 1 radical (unpaired) electrons. The first-order valence-electron chi connectivity index (χ1n) is 3.78. The Labute approximate surface area is 63.5 Å². The van der Waals surface area contributed by atoms with E-state index in [-0.39, 0.29) is 6.10 Å². The van der Waals surface area contributed by atoms with Crippen LogP contribution < -0.4 is 0 Å². The van der Waals surface area contributed by atoms with Crippen LogP contribution in [0.15, 0.2) is 0 Å². The number of hydrogen-bond acceptors (Lipinski definition) is 2. The third kappa shape index (κ3) is 6.05. The molecule has 2 nitrogen and oxygen atoms in total. The molecule has 0 aliphatic carbocycles. The topological polar surface area (TPSA) is 18.5 Å². The van der Waals surface area contributed by atoms with Gasteiger partial charge < -0.3 is 9.47 Å². The lowest BCUT2D eigenvalue weighted by Gasteiger charge is -2.11. The molecule has 0 aromatic rings. The zero-order valence-corrected chi connectivity index (χ0v) is 7.09. The zero-order chi connectivity index (χ0) is 7.82. The van der Waals surface area contributed by atoms with E-state index >= 15 is 0 Å². The summed E-state index contributed by atoms with van der Waals surface area (Å²) >= 11 is 0. The number of ether oxygens (including phenoxy) is 2. The first-order chi connectivity index (χ1) is 4.81. The predicted molar refractivity (Wildman–Crippen MR) is 41.9 cm³/mol. The van der Waals surface area contributed by atoms with Crippen molar-refractivity contribution in [3.05, 3.63) is 6.42 Å². The van der Waals surface area contributed by atoms with E-state index in [2.05, 4.69) is 0 Å². The van der Waals surface area contributed by atoms with Crippen LogP contribution in [0.3, 0.4) is 0 Å². The summed E-state index contributed by atoms with van der Waals surface area (Å²) < 4.78 is 10.5. The molecule has 0 aliphatic heterocycles. The van der Waals surface area contributed by atoms with Gasteiger partial charge in [0.05, 0.1) is 12.7 Å². The molecular weight excluding hydrogens is 128 g/mol. The SMILES string of the molecule is C[CH]COC(C)COCC. The first-order valence-corrected chi connectivity index (χ1v) is 3.78. The van der Waals surface area contributed by atoms with Crippen molar-refractivity contribution in [2.45, 2.75) is 26.9 Å². The minimum atomic E-state index is 0.219. The van der Waals surface area contributed by atoms with Crippen molar-refractivity contribution in [1.29, 1.82) is 0 Å². The zero-order valence-electron chi connectivity index (χ0n) is 7.09. The lowest BCUT2D eigenvalue weighted by Crippen LogP contribution is -2.16. The molecule has 10 heavy (non-hydrogen) atoms. The van der Waals surface area contributed by atoms with E-state index in [0.29, 0.717) is 13.2 Å². The Morgan fingerprint density at radius 3 is 2.70 bits per heavy atom. The summed E-state index contributed by atoms with van der Waals surface area (Å²) in [5.74, 6) is 0. The number of rotatable bonds is 6. The van der Waals surface area contributed by atoms with Crippen molar-refractivity contribution in [1.82, 2.24) is 0 Å². The van der Waals surface area contributed by atoms with E-state index < -0.39 is 0 Å². The van der Waals surface area contributed by atoms with Gasteiger partial charge in [-0.2, -0.15) is 0 Å². The molecule has 0 amide bonds. The summed E-state index contributed by atoms with van der Waals surface area (Å²) in [4.78, 5) is 0. The lowest BCUT2D eigenvalue weighted by molar-refractivity contribution is 0.00516. The molecule has 0 aromatic carbocycles. The fourth-order valence-corrected chi connectivity index (χ4v) is 0.592. The Balaban J connectivity index is 3.00. The van der Waals surface area contributed by atoms with Crippen LogP contribution in [-0.4, -0.2) is 25.9 Å². The van der Waals surface area contributed by atoms with Gasteiger partial charge in [-0.15, -0.1) is 0 Å². The largest absolute Gasteiger partial charge is 0.379 e. The van der Waals surface area contributed by atoms with E-state index in [1.165, 1.54) is 0 Å². The Morgan fingerprint density at radius 2 is 2.20 bits per heavy atom. The maximum atomic E-state index is 5.31. The van der Waals surface area contributed by atoms with Crippen molar-refractivity contribution < 1.29 is 9.47 Å². The first kappa shape index (κ1) is 9.92. The third-order valence-electron chi connectivity index (χ3n) is 1.10. The monoisotopic (exact) mass is 145 g/mol. The molecular formula is C8H17O2. The van der Waals surface area contributed by atoms with E-state index in [1.807, 2.05) is 27.2 Å². The molecule has 61 valence electrons. The van der Waals surface area contributed by atoms with Crippen LogP contribution in [0.2, 0.25) is 0 Å². The quantitative estimate of drug-likeness (QED) is 0.566. The molecule has 1 unspecified atom stereocenters. The van der Waals surface area contributed by atoms with Crippen LogP contribution in [-0.2, 0) is 9.47 Å². The lowest BCUT2D eigenvalue weighted by atomic mass is 10.4. The Bertz CT molecular complexity index is 56.3. The average molecular weight is 145 g/mol. The van der Waals surface area contributed by atoms with Crippen molar-refractivity contribution in [3.63, 3.8) is 0 Å².